The van der Waals surface area contributed by atoms with E-state index in [-0.39, 0.29) is 0 Å². The van der Waals surface area contributed by atoms with E-state index in [1.807, 2.05) is 6.07 Å². The van der Waals surface area contributed by atoms with Crippen molar-refractivity contribution >= 4 is 11.3 Å². The molecule has 1 N–H and O–H groups in total. The van der Waals surface area contributed by atoms with Crippen molar-refractivity contribution in [2.24, 2.45) is 0 Å². The van der Waals surface area contributed by atoms with E-state index in [4.69, 9.17) is 4.42 Å². The van der Waals surface area contributed by atoms with Gasteiger partial charge in [-0.15, -0.1) is 11.3 Å². The van der Waals surface area contributed by atoms with E-state index >= 15 is 0 Å². The smallest absolute Gasteiger partial charge is 0.0947 e. The van der Waals surface area contributed by atoms with Crippen LogP contribution in [0.5, 0.6) is 0 Å². The zero-order valence-corrected chi connectivity index (χ0v) is 10.4. The van der Waals surface area contributed by atoms with E-state index in [2.05, 4.69) is 24.1 Å². The number of hydrogen-bond donors (Lipinski definition) is 1. The largest absolute Gasteiger partial charge is 0.472 e. The zero-order chi connectivity index (χ0) is 11.4. The first kappa shape index (κ1) is 11.4. The fourth-order valence-electron chi connectivity index (χ4n) is 1.63. The molecule has 0 unspecified atom stereocenters. The molecule has 0 amide bonds. The van der Waals surface area contributed by atoms with Gasteiger partial charge in [0.1, 0.15) is 0 Å². The van der Waals surface area contributed by atoms with Crippen molar-refractivity contribution in [2.45, 2.75) is 26.8 Å². The second-order valence-electron chi connectivity index (χ2n) is 3.80. The molecule has 2 aromatic heterocycles. The van der Waals surface area contributed by atoms with Crippen LogP contribution in [-0.4, -0.2) is 11.5 Å². The van der Waals surface area contributed by atoms with Crippen molar-refractivity contribution in [3.05, 3.63) is 39.7 Å². The fourth-order valence-corrected chi connectivity index (χ4v) is 2.57. The van der Waals surface area contributed by atoms with Gasteiger partial charge in [0.05, 0.1) is 23.2 Å². The minimum atomic E-state index is 0.868. The molecular weight excluding hydrogens is 220 g/mol. The van der Waals surface area contributed by atoms with Gasteiger partial charge in [0.25, 0.3) is 0 Å². The summed E-state index contributed by atoms with van der Waals surface area (Å²) in [5.41, 5.74) is 2.37. The van der Waals surface area contributed by atoms with Gasteiger partial charge in [0.15, 0.2) is 0 Å². The van der Waals surface area contributed by atoms with Crippen LogP contribution in [0.3, 0.4) is 0 Å². The number of aromatic nitrogens is 1. The predicted octanol–water partition coefficient (Wildman–Crippen LogP) is 2.69. The van der Waals surface area contributed by atoms with Crippen LogP contribution in [0.15, 0.2) is 23.0 Å². The second kappa shape index (κ2) is 5.27. The summed E-state index contributed by atoms with van der Waals surface area (Å²) in [7, 11) is 0. The van der Waals surface area contributed by atoms with Gasteiger partial charge in [-0.3, -0.25) is 0 Å². The van der Waals surface area contributed by atoms with Crippen LogP contribution in [0.25, 0.3) is 0 Å². The molecule has 0 radical (unpaired) electrons. The van der Waals surface area contributed by atoms with E-state index in [0.717, 1.165) is 24.5 Å². The van der Waals surface area contributed by atoms with Gasteiger partial charge < -0.3 is 9.73 Å². The number of nitrogens with one attached hydrogen (secondary N) is 1. The third kappa shape index (κ3) is 2.93. The van der Waals surface area contributed by atoms with Crippen LogP contribution >= 0.6 is 11.3 Å². The Morgan fingerprint density at radius 2 is 2.31 bits per heavy atom. The number of furan rings is 1. The molecule has 2 heterocycles. The summed E-state index contributed by atoms with van der Waals surface area (Å²) < 4.78 is 5.00. The van der Waals surface area contributed by atoms with Gasteiger partial charge in [0.2, 0.25) is 0 Å². The molecule has 2 rings (SSSR count). The van der Waals surface area contributed by atoms with Crippen molar-refractivity contribution in [1.82, 2.24) is 10.3 Å². The highest BCUT2D eigenvalue weighted by Gasteiger charge is 2.03. The van der Waals surface area contributed by atoms with Gasteiger partial charge in [0, 0.05) is 23.5 Å². The van der Waals surface area contributed by atoms with Crippen LogP contribution in [0.4, 0.5) is 0 Å². The van der Waals surface area contributed by atoms with Crippen molar-refractivity contribution in [3.63, 3.8) is 0 Å². The molecule has 0 fully saturated rings. The fraction of sp³-hybridized carbons (Fsp3) is 0.417. The van der Waals surface area contributed by atoms with Gasteiger partial charge >= 0.3 is 0 Å². The summed E-state index contributed by atoms with van der Waals surface area (Å²) in [6.45, 7) is 5.98. The van der Waals surface area contributed by atoms with Crippen LogP contribution in [-0.2, 0) is 13.0 Å². The minimum Gasteiger partial charge on any atom is -0.472 e. The first-order valence-electron chi connectivity index (χ1n) is 5.40. The molecule has 0 spiro atoms. The number of thiazole rings is 1. The third-order valence-electron chi connectivity index (χ3n) is 2.44. The van der Waals surface area contributed by atoms with E-state index in [1.54, 1.807) is 23.9 Å². The maximum atomic E-state index is 5.00. The van der Waals surface area contributed by atoms with Gasteiger partial charge in [-0.2, -0.15) is 0 Å². The van der Waals surface area contributed by atoms with Crippen molar-refractivity contribution in [2.75, 3.05) is 6.54 Å². The normalized spacial score (nSPS) is 10.9. The zero-order valence-electron chi connectivity index (χ0n) is 9.62. The molecule has 0 aliphatic rings. The highest BCUT2D eigenvalue weighted by molar-refractivity contribution is 7.11. The first-order valence-corrected chi connectivity index (χ1v) is 6.22. The lowest BCUT2D eigenvalue weighted by Crippen LogP contribution is -2.16. The molecule has 0 atom stereocenters. The Hall–Kier alpha value is -1.13. The minimum absolute atomic E-state index is 0.868. The molecule has 16 heavy (non-hydrogen) atoms. The highest BCUT2D eigenvalue weighted by atomic mass is 32.1. The van der Waals surface area contributed by atoms with E-state index < -0.39 is 0 Å². The Morgan fingerprint density at radius 3 is 2.94 bits per heavy atom. The Kier molecular flexibility index (Phi) is 3.74. The molecule has 3 nitrogen and oxygen atoms in total. The Morgan fingerprint density at radius 1 is 1.44 bits per heavy atom. The third-order valence-corrected chi connectivity index (χ3v) is 3.57. The van der Waals surface area contributed by atoms with Crippen molar-refractivity contribution in [3.8, 4) is 0 Å². The molecular formula is C12H16N2OS. The molecule has 0 saturated heterocycles. The standard InChI is InChI=1S/C12H16N2OS/c1-9-12(16-10(2)14-9)3-5-13-7-11-4-6-15-8-11/h4,6,8,13H,3,5,7H2,1-2H3. The Balaban J connectivity index is 1.74. The maximum Gasteiger partial charge on any atom is 0.0947 e. The number of aryl methyl sites for hydroxylation is 2. The molecule has 0 saturated carbocycles. The SMILES string of the molecule is Cc1nc(C)c(CCNCc2ccoc2)s1. The highest BCUT2D eigenvalue weighted by Crippen LogP contribution is 2.17. The van der Waals surface area contributed by atoms with E-state index in [0.29, 0.717) is 0 Å². The van der Waals surface area contributed by atoms with Crippen LogP contribution < -0.4 is 5.32 Å². The lowest BCUT2D eigenvalue weighted by Gasteiger charge is -2.01. The van der Waals surface area contributed by atoms with Crippen molar-refractivity contribution in [1.29, 1.82) is 0 Å². The number of rotatable bonds is 5. The molecule has 0 aliphatic carbocycles. The van der Waals surface area contributed by atoms with Crippen LogP contribution in [0.1, 0.15) is 21.1 Å². The molecule has 0 aliphatic heterocycles. The molecule has 0 aromatic carbocycles. The topological polar surface area (TPSA) is 38.1 Å². The quantitative estimate of drug-likeness (QED) is 0.811. The Bertz CT molecular complexity index is 434. The maximum absolute atomic E-state index is 5.00. The summed E-state index contributed by atoms with van der Waals surface area (Å²) in [6.07, 6.45) is 4.53. The van der Waals surface area contributed by atoms with Gasteiger partial charge in [-0.25, -0.2) is 4.98 Å². The van der Waals surface area contributed by atoms with Crippen LogP contribution in [0, 0.1) is 13.8 Å². The monoisotopic (exact) mass is 236 g/mol. The number of nitrogens with zero attached hydrogens (tertiary/aromatic N) is 1. The average Bonchev–Trinajstić information content (AvgIpc) is 2.84. The van der Waals surface area contributed by atoms with Gasteiger partial charge in [-0.1, -0.05) is 0 Å². The molecule has 2 aromatic rings. The summed E-state index contributed by atoms with van der Waals surface area (Å²) in [4.78, 5) is 5.80. The summed E-state index contributed by atoms with van der Waals surface area (Å²) in [5.74, 6) is 0. The average molecular weight is 236 g/mol. The lowest BCUT2D eigenvalue weighted by molar-refractivity contribution is 0.560. The molecule has 0 bridgehead atoms. The summed E-state index contributed by atoms with van der Waals surface area (Å²) in [6, 6.07) is 1.98. The Labute approximate surface area is 99.5 Å². The number of hydrogen-bond acceptors (Lipinski definition) is 4. The van der Waals surface area contributed by atoms with Crippen LogP contribution in [0.2, 0.25) is 0 Å². The van der Waals surface area contributed by atoms with E-state index in [1.165, 1.54) is 16.1 Å². The lowest BCUT2D eigenvalue weighted by atomic mass is 10.3. The molecule has 86 valence electrons. The second-order valence-corrected chi connectivity index (χ2v) is 5.09. The van der Waals surface area contributed by atoms with Crippen molar-refractivity contribution < 1.29 is 4.42 Å². The molecule has 4 heteroatoms. The first-order chi connectivity index (χ1) is 7.75. The summed E-state index contributed by atoms with van der Waals surface area (Å²) >= 11 is 1.79. The van der Waals surface area contributed by atoms with E-state index in [9.17, 15) is 0 Å². The van der Waals surface area contributed by atoms with Gasteiger partial charge in [-0.05, 0) is 26.3 Å². The predicted molar refractivity (Wildman–Crippen MR) is 65.7 cm³/mol. The summed E-state index contributed by atoms with van der Waals surface area (Å²) in [5, 5.41) is 4.55.